The van der Waals surface area contributed by atoms with Gasteiger partial charge < -0.3 is 14.5 Å². The molecule has 0 amide bonds. The molecule has 0 fully saturated rings. The second kappa shape index (κ2) is 19.1. The van der Waals surface area contributed by atoms with Gasteiger partial charge in [0.1, 0.15) is 6.61 Å². The molecule has 0 saturated carbocycles. The maximum absolute atomic E-state index is 14.6. The zero-order valence-electron chi connectivity index (χ0n) is 42.8. The number of pyridine rings is 1. The number of hydrogen-bond donors (Lipinski definition) is 0. The quantitative estimate of drug-likeness (QED) is 0.121. The summed E-state index contributed by atoms with van der Waals surface area (Å²) in [5.74, 6) is -0.346. The number of carbonyl (C=O) groups excluding carboxylic acids is 1. The molecule has 0 spiro atoms. The summed E-state index contributed by atoms with van der Waals surface area (Å²) in [7, 11) is 0. The van der Waals surface area contributed by atoms with E-state index in [1.807, 2.05) is 62.5 Å². The smallest absolute Gasteiger partial charge is 0.316 e. The Balaban J connectivity index is 1.57. The highest BCUT2D eigenvalue weighted by atomic mass is 35.5. The van der Waals surface area contributed by atoms with Gasteiger partial charge in [-0.3, -0.25) is 9.78 Å². The van der Waals surface area contributed by atoms with Crippen molar-refractivity contribution >= 4 is 51.7 Å². The minimum absolute atomic E-state index is 0.0521. The van der Waals surface area contributed by atoms with Crippen molar-refractivity contribution in [3.05, 3.63) is 196 Å². The molecule has 1 heterocycles. The molecule has 5 nitrogen and oxygen atoms in total. The summed E-state index contributed by atoms with van der Waals surface area (Å²) >= 11 is 8.14. The van der Waals surface area contributed by atoms with E-state index in [2.05, 4.69) is 202 Å². The van der Waals surface area contributed by atoms with Crippen LogP contribution in [0.25, 0.3) is 11.3 Å². The standard InChI is InChI=1S/C62H70ClN3O2/c1-58(2,3)43-23-30-48(31-24-43)65(49-32-25-44(26-33-49)59(4,5)6)54-39-47(62(13,14)57(67)68-41-42-20-16-15-17-21-42)40-55(56(54)63)66(50-34-27-45(28-35-50)60(7,8)9)53-36-29-46(61(10,11)12)38-51(53)52-22-18-19-37-64-52/h15-40H,41H2,1-14H3. The van der Waals surface area contributed by atoms with Crippen LogP contribution in [0, 0.1) is 0 Å². The predicted molar refractivity (Wildman–Crippen MR) is 288 cm³/mol. The second-order valence-electron chi connectivity index (χ2n) is 22.8. The molecule has 1 aromatic heterocycles. The number of carbonyl (C=O) groups is 1. The van der Waals surface area contributed by atoms with Crippen molar-refractivity contribution in [3.63, 3.8) is 0 Å². The van der Waals surface area contributed by atoms with Gasteiger partial charge in [0.15, 0.2) is 0 Å². The van der Waals surface area contributed by atoms with E-state index in [-0.39, 0.29) is 34.2 Å². The van der Waals surface area contributed by atoms with Crippen LogP contribution in [0.5, 0.6) is 0 Å². The van der Waals surface area contributed by atoms with Crippen LogP contribution in [0.2, 0.25) is 5.02 Å². The van der Waals surface area contributed by atoms with E-state index in [4.69, 9.17) is 21.3 Å². The van der Waals surface area contributed by atoms with Gasteiger partial charge in [0.05, 0.1) is 33.2 Å². The number of anilines is 6. The zero-order chi connectivity index (χ0) is 49.4. The average Bonchev–Trinajstić information content (AvgIpc) is 3.29. The average molecular weight is 925 g/mol. The molecule has 68 heavy (non-hydrogen) atoms. The number of nitrogens with zero attached hydrogens (tertiary/aromatic N) is 3. The van der Waals surface area contributed by atoms with Gasteiger partial charge in [-0.1, -0.05) is 174 Å². The third-order valence-electron chi connectivity index (χ3n) is 13.0. The first-order chi connectivity index (χ1) is 31.8. The Hall–Kier alpha value is -6.17. The van der Waals surface area contributed by atoms with E-state index in [1.165, 1.54) is 22.3 Å². The molecule has 0 unspecified atom stereocenters. The first kappa shape index (κ1) is 49.7. The lowest BCUT2D eigenvalue weighted by Crippen LogP contribution is -2.31. The molecule has 0 bridgehead atoms. The molecule has 7 aromatic rings. The maximum atomic E-state index is 14.6. The van der Waals surface area contributed by atoms with E-state index < -0.39 is 5.41 Å². The maximum Gasteiger partial charge on any atom is 0.316 e. The van der Waals surface area contributed by atoms with Crippen LogP contribution < -0.4 is 9.80 Å². The van der Waals surface area contributed by atoms with Crippen LogP contribution in [0.3, 0.4) is 0 Å². The van der Waals surface area contributed by atoms with Crippen molar-refractivity contribution in [2.75, 3.05) is 9.80 Å². The number of halogens is 1. The Labute approximate surface area is 412 Å². The number of esters is 1. The molecule has 0 N–H and O–H groups in total. The number of hydrogen-bond acceptors (Lipinski definition) is 5. The molecular weight excluding hydrogens is 854 g/mol. The summed E-state index contributed by atoms with van der Waals surface area (Å²) in [4.78, 5) is 24.0. The third-order valence-corrected chi connectivity index (χ3v) is 13.4. The highest BCUT2D eigenvalue weighted by molar-refractivity contribution is 6.37. The lowest BCUT2D eigenvalue weighted by molar-refractivity contribution is -0.150. The van der Waals surface area contributed by atoms with E-state index in [0.717, 1.165) is 50.8 Å². The van der Waals surface area contributed by atoms with Gasteiger partial charge in [-0.05, 0) is 142 Å². The number of rotatable bonds is 11. The Morgan fingerprint density at radius 1 is 0.471 bits per heavy atom. The topological polar surface area (TPSA) is 45.7 Å². The van der Waals surface area contributed by atoms with E-state index >= 15 is 0 Å². The largest absolute Gasteiger partial charge is 0.460 e. The zero-order valence-corrected chi connectivity index (χ0v) is 43.5. The highest BCUT2D eigenvalue weighted by Crippen LogP contribution is 2.51. The molecule has 7 rings (SSSR count). The summed E-state index contributed by atoms with van der Waals surface area (Å²) in [6.45, 7) is 30.8. The Kier molecular flexibility index (Phi) is 14.0. The van der Waals surface area contributed by atoms with E-state index in [0.29, 0.717) is 10.7 Å². The van der Waals surface area contributed by atoms with Crippen LogP contribution in [0.15, 0.2) is 158 Å². The molecule has 0 atom stereocenters. The van der Waals surface area contributed by atoms with Crippen molar-refractivity contribution in [2.45, 2.75) is 131 Å². The first-order valence-electron chi connectivity index (χ1n) is 23.9. The van der Waals surface area contributed by atoms with Gasteiger partial charge in [0, 0.05) is 28.8 Å². The normalized spacial score (nSPS) is 12.5. The van der Waals surface area contributed by atoms with Crippen LogP contribution in [0.1, 0.15) is 130 Å². The van der Waals surface area contributed by atoms with E-state index in [1.54, 1.807) is 0 Å². The Morgan fingerprint density at radius 3 is 1.34 bits per heavy atom. The summed E-state index contributed by atoms with van der Waals surface area (Å²) < 4.78 is 6.17. The van der Waals surface area contributed by atoms with Gasteiger partial charge in [0.25, 0.3) is 0 Å². The Bertz CT molecular complexity index is 2780. The van der Waals surface area contributed by atoms with Gasteiger partial charge in [-0.15, -0.1) is 0 Å². The minimum atomic E-state index is -1.12. The SMILES string of the molecule is CC(C)(C)c1ccc(N(c2ccc(C(C)(C)C)cc2)c2cc(C(C)(C)C(=O)OCc3ccccc3)cc(N(c3ccc(C(C)(C)C)cc3)c3ccc(C(C)(C)C)cc3-c3ccccn3)c2Cl)cc1. The monoisotopic (exact) mass is 924 g/mol. The number of ether oxygens (including phenoxy) is 1. The van der Waals surface area contributed by atoms with Gasteiger partial charge in [0.2, 0.25) is 0 Å². The fourth-order valence-electron chi connectivity index (χ4n) is 8.39. The van der Waals surface area contributed by atoms with Crippen molar-refractivity contribution < 1.29 is 9.53 Å². The van der Waals surface area contributed by atoms with Crippen LogP contribution in [-0.4, -0.2) is 11.0 Å². The van der Waals surface area contributed by atoms with Gasteiger partial charge in [-0.2, -0.15) is 0 Å². The fourth-order valence-corrected chi connectivity index (χ4v) is 8.67. The van der Waals surface area contributed by atoms with Crippen LogP contribution >= 0.6 is 11.6 Å². The lowest BCUT2D eigenvalue weighted by Gasteiger charge is -2.35. The Morgan fingerprint density at radius 2 is 0.897 bits per heavy atom. The summed E-state index contributed by atoms with van der Waals surface area (Å²) in [6.07, 6.45) is 1.84. The molecule has 352 valence electrons. The summed E-state index contributed by atoms with van der Waals surface area (Å²) in [5.41, 5.74) is 11.9. The highest BCUT2D eigenvalue weighted by Gasteiger charge is 2.36. The van der Waals surface area contributed by atoms with Crippen molar-refractivity contribution in [1.82, 2.24) is 4.98 Å². The van der Waals surface area contributed by atoms with Crippen LogP contribution in [0.4, 0.5) is 34.1 Å². The lowest BCUT2D eigenvalue weighted by atomic mass is 9.83. The van der Waals surface area contributed by atoms with Crippen molar-refractivity contribution in [2.24, 2.45) is 0 Å². The van der Waals surface area contributed by atoms with Gasteiger partial charge >= 0.3 is 5.97 Å². The number of benzene rings is 6. The molecule has 6 heteroatoms. The second-order valence-corrected chi connectivity index (χ2v) is 23.2. The predicted octanol–water partition coefficient (Wildman–Crippen LogP) is 17.6. The molecule has 0 aliphatic heterocycles. The molecule has 0 aliphatic carbocycles. The van der Waals surface area contributed by atoms with Gasteiger partial charge in [-0.25, -0.2) is 0 Å². The summed E-state index contributed by atoms with van der Waals surface area (Å²) in [6, 6.07) is 52.9. The van der Waals surface area contributed by atoms with E-state index in [9.17, 15) is 4.79 Å². The minimum Gasteiger partial charge on any atom is -0.460 e. The van der Waals surface area contributed by atoms with Crippen molar-refractivity contribution in [1.29, 1.82) is 0 Å². The molecule has 6 aromatic carbocycles. The summed E-state index contributed by atoms with van der Waals surface area (Å²) in [5, 5.41) is 0.508. The number of aromatic nitrogens is 1. The van der Waals surface area contributed by atoms with Crippen molar-refractivity contribution in [3.8, 4) is 11.3 Å². The molecular formula is C62H70ClN3O2. The third kappa shape index (κ3) is 10.9. The first-order valence-corrected chi connectivity index (χ1v) is 24.2. The van der Waals surface area contributed by atoms with Crippen LogP contribution in [-0.2, 0) is 43.2 Å². The fraction of sp³-hybridized carbons (Fsp3) is 0.323. The molecule has 0 aliphatic rings. The molecule has 0 saturated heterocycles. The molecule has 0 radical (unpaired) electrons.